The number of ether oxygens (including phenoxy) is 3. The Bertz CT molecular complexity index is 497. The minimum Gasteiger partial charge on any atom is -0.493 e. The molecular weight excluding hydrogens is 286 g/mol. The topological polar surface area (TPSA) is 66.0 Å². The Morgan fingerprint density at radius 3 is 2.77 bits per heavy atom. The van der Waals surface area contributed by atoms with Gasteiger partial charge in [0.25, 0.3) is 5.91 Å². The normalized spacial score (nSPS) is 18.1. The van der Waals surface area contributed by atoms with Crippen LogP contribution in [-0.4, -0.2) is 32.0 Å². The molecule has 1 atom stereocenters. The minimum atomic E-state index is -0.372. The lowest BCUT2D eigenvalue weighted by molar-refractivity contribution is -0.186. The molecule has 0 radical (unpaired) electrons. The van der Waals surface area contributed by atoms with Crippen molar-refractivity contribution in [3.05, 3.63) is 23.8 Å². The van der Waals surface area contributed by atoms with Gasteiger partial charge in [-0.1, -0.05) is 0 Å². The molecule has 1 N–H and O–H groups in total. The van der Waals surface area contributed by atoms with Crippen LogP contribution in [0, 0.1) is 0 Å². The van der Waals surface area contributed by atoms with Crippen molar-refractivity contribution in [2.75, 3.05) is 13.7 Å². The number of hydrogen-bond acceptors (Lipinski definition) is 5. The summed E-state index contributed by atoms with van der Waals surface area (Å²) in [5.74, 6) is 0.768. The molecule has 0 unspecified atom stereocenters. The van der Waals surface area contributed by atoms with Gasteiger partial charge in [-0.15, -0.1) is 0 Å². The van der Waals surface area contributed by atoms with Crippen molar-refractivity contribution in [1.82, 2.24) is 5.48 Å². The summed E-state index contributed by atoms with van der Waals surface area (Å²) in [5, 5.41) is 0. The molecule has 2 rings (SSSR count). The Morgan fingerprint density at radius 2 is 2.14 bits per heavy atom. The first-order chi connectivity index (χ1) is 10.6. The average molecular weight is 309 g/mol. The van der Waals surface area contributed by atoms with Gasteiger partial charge in [0, 0.05) is 18.6 Å². The van der Waals surface area contributed by atoms with Gasteiger partial charge in [0.15, 0.2) is 17.8 Å². The van der Waals surface area contributed by atoms with Crippen LogP contribution in [-0.2, 0) is 9.57 Å². The second-order valence-electron chi connectivity index (χ2n) is 5.38. The Kier molecular flexibility index (Phi) is 6.03. The second-order valence-corrected chi connectivity index (χ2v) is 5.38. The first-order valence-electron chi connectivity index (χ1n) is 7.52. The van der Waals surface area contributed by atoms with Crippen LogP contribution in [0.1, 0.15) is 43.5 Å². The largest absolute Gasteiger partial charge is 0.493 e. The van der Waals surface area contributed by atoms with Crippen LogP contribution in [0.15, 0.2) is 18.2 Å². The molecule has 0 saturated carbocycles. The summed E-state index contributed by atoms with van der Waals surface area (Å²) < 4.78 is 16.3. The Balaban J connectivity index is 1.96. The van der Waals surface area contributed by atoms with Gasteiger partial charge in [-0.2, -0.15) is 0 Å². The highest BCUT2D eigenvalue weighted by atomic mass is 16.8. The van der Waals surface area contributed by atoms with Crippen LogP contribution in [0.5, 0.6) is 11.5 Å². The zero-order valence-corrected chi connectivity index (χ0v) is 13.3. The van der Waals surface area contributed by atoms with Gasteiger partial charge in [-0.05, 0) is 44.9 Å². The van der Waals surface area contributed by atoms with E-state index in [-0.39, 0.29) is 18.3 Å². The van der Waals surface area contributed by atoms with Gasteiger partial charge >= 0.3 is 0 Å². The van der Waals surface area contributed by atoms with Gasteiger partial charge in [0.05, 0.1) is 13.2 Å². The fraction of sp³-hybridized carbons (Fsp3) is 0.562. The van der Waals surface area contributed by atoms with Crippen LogP contribution >= 0.6 is 0 Å². The van der Waals surface area contributed by atoms with E-state index in [1.54, 1.807) is 18.2 Å². The van der Waals surface area contributed by atoms with Crippen molar-refractivity contribution in [3.63, 3.8) is 0 Å². The number of carbonyl (C=O) groups is 1. The molecule has 0 aliphatic carbocycles. The lowest BCUT2D eigenvalue weighted by atomic mass is 10.2. The molecule has 6 nitrogen and oxygen atoms in total. The third-order valence-electron chi connectivity index (χ3n) is 3.21. The highest BCUT2D eigenvalue weighted by Gasteiger charge is 2.17. The highest BCUT2D eigenvalue weighted by Crippen LogP contribution is 2.29. The Hall–Kier alpha value is -1.79. The maximum Gasteiger partial charge on any atom is 0.275 e. The van der Waals surface area contributed by atoms with Crippen LogP contribution in [0.2, 0.25) is 0 Å². The van der Waals surface area contributed by atoms with E-state index >= 15 is 0 Å². The van der Waals surface area contributed by atoms with E-state index in [9.17, 15) is 4.79 Å². The second kappa shape index (κ2) is 8.00. The van der Waals surface area contributed by atoms with E-state index in [0.717, 1.165) is 19.3 Å². The summed E-state index contributed by atoms with van der Waals surface area (Å²) in [6, 6.07) is 5.00. The van der Waals surface area contributed by atoms with Crippen molar-refractivity contribution in [2.24, 2.45) is 0 Å². The highest BCUT2D eigenvalue weighted by molar-refractivity contribution is 5.94. The van der Waals surface area contributed by atoms with Crippen molar-refractivity contribution in [1.29, 1.82) is 0 Å². The van der Waals surface area contributed by atoms with Crippen LogP contribution < -0.4 is 15.0 Å². The summed E-state index contributed by atoms with van der Waals surface area (Å²) in [6.07, 6.45) is 2.51. The first kappa shape index (κ1) is 16.6. The Morgan fingerprint density at radius 1 is 1.32 bits per heavy atom. The van der Waals surface area contributed by atoms with Gasteiger partial charge in [0.1, 0.15) is 0 Å². The number of hydroxylamine groups is 1. The predicted molar refractivity (Wildman–Crippen MR) is 80.9 cm³/mol. The number of carbonyl (C=O) groups excluding carboxylic acids is 1. The SMILES string of the molecule is COc1cc(C(=O)NO[C@H]2CCCCO2)ccc1OC(C)C. The summed E-state index contributed by atoms with van der Waals surface area (Å²) in [4.78, 5) is 17.4. The van der Waals surface area contributed by atoms with Crippen molar-refractivity contribution in [2.45, 2.75) is 45.5 Å². The number of amides is 1. The van der Waals surface area contributed by atoms with E-state index in [0.29, 0.717) is 23.7 Å². The molecule has 1 fully saturated rings. The molecule has 22 heavy (non-hydrogen) atoms. The zero-order chi connectivity index (χ0) is 15.9. The fourth-order valence-electron chi connectivity index (χ4n) is 2.14. The summed E-state index contributed by atoms with van der Waals surface area (Å²) in [6.45, 7) is 4.52. The van der Waals surface area contributed by atoms with Crippen LogP contribution in [0.4, 0.5) is 0 Å². The number of nitrogens with one attached hydrogen (secondary N) is 1. The van der Waals surface area contributed by atoms with E-state index < -0.39 is 0 Å². The number of methoxy groups -OCH3 is 1. The van der Waals surface area contributed by atoms with Crippen molar-refractivity contribution >= 4 is 5.91 Å². The molecular formula is C16H23NO5. The number of rotatable bonds is 6. The zero-order valence-electron chi connectivity index (χ0n) is 13.3. The van der Waals surface area contributed by atoms with Crippen molar-refractivity contribution in [3.8, 4) is 11.5 Å². The maximum absolute atomic E-state index is 12.1. The fourth-order valence-corrected chi connectivity index (χ4v) is 2.14. The molecule has 1 aliphatic rings. The maximum atomic E-state index is 12.1. The smallest absolute Gasteiger partial charge is 0.275 e. The van der Waals surface area contributed by atoms with E-state index in [1.165, 1.54) is 7.11 Å². The predicted octanol–water partition coefficient (Wildman–Crippen LogP) is 2.67. The molecule has 1 aromatic rings. The standard InChI is InChI=1S/C16H23NO5/c1-11(2)21-13-8-7-12(10-14(13)19-3)16(18)17-22-15-6-4-5-9-20-15/h7-8,10-11,15H,4-6,9H2,1-3H3,(H,17,18)/t15-/m0/s1. The van der Waals surface area contributed by atoms with Gasteiger partial charge < -0.3 is 14.2 Å². The third-order valence-corrected chi connectivity index (χ3v) is 3.21. The summed E-state index contributed by atoms with van der Waals surface area (Å²) >= 11 is 0. The number of benzene rings is 1. The minimum absolute atomic E-state index is 0.0281. The summed E-state index contributed by atoms with van der Waals surface area (Å²) in [7, 11) is 1.54. The lowest BCUT2D eigenvalue weighted by Gasteiger charge is -2.22. The van der Waals surface area contributed by atoms with Crippen LogP contribution in [0.25, 0.3) is 0 Å². The van der Waals surface area contributed by atoms with Crippen molar-refractivity contribution < 1.29 is 23.8 Å². The molecule has 1 heterocycles. The van der Waals surface area contributed by atoms with Gasteiger partial charge in [0.2, 0.25) is 0 Å². The van der Waals surface area contributed by atoms with Gasteiger partial charge in [-0.25, -0.2) is 10.3 Å². The van der Waals surface area contributed by atoms with E-state index in [4.69, 9.17) is 19.0 Å². The quantitative estimate of drug-likeness (QED) is 0.818. The molecule has 6 heteroatoms. The molecule has 1 amide bonds. The average Bonchev–Trinajstić information content (AvgIpc) is 2.53. The third kappa shape index (κ3) is 4.61. The van der Waals surface area contributed by atoms with E-state index in [2.05, 4.69) is 5.48 Å². The molecule has 122 valence electrons. The monoisotopic (exact) mass is 309 g/mol. The molecule has 1 saturated heterocycles. The van der Waals surface area contributed by atoms with E-state index in [1.807, 2.05) is 13.8 Å². The lowest BCUT2D eigenvalue weighted by Crippen LogP contribution is -2.33. The number of hydrogen-bond donors (Lipinski definition) is 1. The first-order valence-corrected chi connectivity index (χ1v) is 7.52. The Labute approximate surface area is 130 Å². The summed E-state index contributed by atoms with van der Waals surface area (Å²) in [5.41, 5.74) is 2.85. The molecule has 1 aromatic carbocycles. The molecule has 0 spiro atoms. The van der Waals surface area contributed by atoms with Gasteiger partial charge in [-0.3, -0.25) is 4.79 Å². The van der Waals surface area contributed by atoms with Crippen LogP contribution in [0.3, 0.4) is 0 Å². The molecule has 0 aromatic heterocycles. The molecule has 1 aliphatic heterocycles. The molecule has 0 bridgehead atoms.